The molecule has 4 rings (SSSR count). The Balaban J connectivity index is 0.000000133. The molecule has 0 N–H and O–H groups in total. The van der Waals surface area contributed by atoms with Gasteiger partial charge >= 0.3 is 0 Å². The van der Waals surface area contributed by atoms with Gasteiger partial charge in [-0.2, -0.15) is 0 Å². The van der Waals surface area contributed by atoms with Gasteiger partial charge in [-0.3, -0.25) is 4.98 Å². The predicted molar refractivity (Wildman–Crippen MR) is 90.4 cm³/mol. The number of hydrogen-bond donors (Lipinski definition) is 0. The summed E-state index contributed by atoms with van der Waals surface area (Å²) in [4.78, 5) is 8.43. The third kappa shape index (κ3) is 3.20. The lowest BCUT2D eigenvalue weighted by Crippen LogP contribution is -1.89. The molecule has 0 radical (unpaired) electrons. The molecular weight excluding hydrogens is 270 g/mol. The minimum Gasteiger partial charge on any atom is -0.334 e. The van der Waals surface area contributed by atoms with Crippen molar-refractivity contribution in [2.45, 2.75) is 0 Å². The van der Waals surface area contributed by atoms with Crippen molar-refractivity contribution in [1.82, 2.24) is 14.5 Å². The summed E-state index contributed by atoms with van der Waals surface area (Å²) in [6, 6.07) is 22.2. The van der Waals surface area contributed by atoms with E-state index < -0.39 is 0 Å². The van der Waals surface area contributed by atoms with Crippen LogP contribution in [0.1, 0.15) is 0 Å². The fourth-order valence-electron chi connectivity index (χ4n) is 2.25. The van der Waals surface area contributed by atoms with Gasteiger partial charge in [0.2, 0.25) is 0 Å². The van der Waals surface area contributed by atoms with Gasteiger partial charge in [0, 0.05) is 36.6 Å². The van der Waals surface area contributed by atoms with Crippen molar-refractivity contribution in [3.63, 3.8) is 0 Å². The van der Waals surface area contributed by atoms with Crippen LogP contribution in [-0.4, -0.2) is 14.5 Å². The van der Waals surface area contributed by atoms with Crippen LogP contribution < -0.4 is 0 Å². The van der Waals surface area contributed by atoms with Crippen molar-refractivity contribution < 1.29 is 0 Å². The molecule has 0 atom stereocenters. The van der Waals surface area contributed by atoms with Crippen molar-refractivity contribution in [3.05, 3.63) is 85.3 Å². The molecule has 2 aromatic heterocycles. The average Bonchev–Trinajstić information content (AvgIpc) is 3.02. The van der Waals surface area contributed by atoms with Gasteiger partial charge < -0.3 is 4.57 Å². The maximum absolute atomic E-state index is 4.25. The molecule has 0 amide bonds. The Morgan fingerprint density at radius 1 is 0.727 bits per heavy atom. The quantitative estimate of drug-likeness (QED) is 0.522. The normalized spacial score (nSPS) is 10.0. The highest BCUT2D eigenvalue weighted by molar-refractivity contribution is 5.77. The first-order valence-corrected chi connectivity index (χ1v) is 7.17. The van der Waals surface area contributed by atoms with Gasteiger partial charge in [0.25, 0.3) is 0 Å². The van der Waals surface area contributed by atoms with E-state index in [1.54, 1.807) is 0 Å². The van der Waals surface area contributed by atoms with Gasteiger partial charge in [0.1, 0.15) is 5.82 Å². The van der Waals surface area contributed by atoms with E-state index in [2.05, 4.69) is 34.2 Å². The Morgan fingerprint density at radius 3 is 2.18 bits per heavy atom. The molecule has 0 spiro atoms. The number of rotatable bonds is 1. The van der Waals surface area contributed by atoms with Gasteiger partial charge in [0.05, 0.1) is 5.52 Å². The Labute approximate surface area is 129 Å². The molecule has 0 saturated carbocycles. The molecular formula is C19H17N3. The topological polar surface area (TPSA) is 30.7 Å². The van der Waals surface area contributed by atoms with E-state index in [4.69, 9.17) is 0 Å². The molecule has 0 aliphatic heterocycles. The molecule has 0 bridgehead atoms. The minimum atomic E-state index is 1.01. The Bertz CT molecular complexity index is 785. The molecule has 22 heavy (non-hydrogen) atoms. The van der Waals surface area contributed by atoms with Crippen LogP contribution in [0.15, 0.2) is 85.3 Å². The third-order valence-electron chi connectivity index (χ3n) is 3.37. The number of fused-ring (bicyclic) bond motifs is 1. The van der Waals surface area contributed by atoms with E-state index >= 15 is 0 Å². The number of aromatic nitrogens is 3. The lowest BCUT2D eigenvalue weighted by atomic mass is 10.2. The first-order valence-electron chi connectivity index (χ1n) is 7.17. The van der Waals surface area contributed by atoms with E-state index in [1.807, 2.05) is 72.7 Å². The van der Waals surface area contributed by atoms with Crippen LogP contribution in [0.4, 0.5) is 0 Å². The monoisotopic (exact) mass is 287 g/mol. The van der Waals surface area contributed by atoms with E-state index in [0.717, 1.165) is 16.9 Å². The molecule has 0 unspecified atom stereocenters. The third-order valence-corrected chi connectivity index (χ3v) is 3.37. The first kappa shape index (κ1) is 14.0. The lowest BCUT2D eigenvalue weighted by molar-refractivity contribution is 0.925. The van der Waals surface area contributed by atoms with Crippen LogP contribution >= 0.6 is 0 Å². The second kappa shape index (κ2) is 6.68. The smallest absolute Gasteiger partial charge is 0.139 e. The number of pyridine rings is 1. The second-order valence-electron chi connectivity index (χ2n) is 4.92. The molecule has 108 valence electrons. The van der Waals surface area contributed by atoms with Crippen LogP contribution in [0.3, 0.4) is 0 Å². The fraction of sp³-hybridized carbons (Fsp3) is 0.0526. The van der Waals surface area contributed by atoms with E-state index in [1.165, 1.54) is 5.39 Å². The number of para-hydroxylation sites is 1. The number of nitrogens with zero attached hydrogens (tertiary/aromatic N) is 3. The van der Waals surface area contributed by atoms with Crippen LogP contribution in [0, 0.1) is 0 Å². The zero-order valence-electron chi connectivity index (χ0n) is 12.4. The fourth-order valence-corrected chi connectivity index (χ4v) is 2.25. The zero-order chi connectivity index (χ0) is 15.2. The highest BCUT2D eigenvalue weighted by Gasteiger charge is 1.99. The lowest BCUT2D eigenvalue weighted by Gasteiger charge is -1.99. The predicted octanol–water partition coefficient (Wildman–Crippen LogP) is 4.32. The van der Waals surface area contributed by atoms with Crippen LogP contribution in [0.25, 0.3) is 22.3 Å². The summed E-state index contributed by atoms with van der Waals surface area (Å²) >= 11 is 0. The minimum absolute atomic E-state index is 1.01. The van der Waals surface area contributed by atoms with E-state index in [-0.39, 0.29) is 0 Å². The highest BCUT2D eigenvalue weighted by Crippen LogP contribution is 2.14. The summed E-state index contributed by atoms with van der Waals surface area (Å²) in [5, 5.41) is 1.20. The van der Waals surface area contributed by atoms with Crippen molar-refractivity contribution in [3.8, 4) is 11.4 Å². The van der Waals surface area contributed by atoms with Gasteiger partial charge in [-0.1, -0.05) is 54.6 Å². The van der Waals surface area contributed by atoms with Crippen molar-refractivity contribution >= 4 is 10.9 Å². The maximum Gasteiger partial charge on any atom is 0.139 e. The first-order chi connectivity index (χ1) is 10.8. The van der Waals surface area contributed by atoms with Gasteiger partial charge in [-0.25, -0.2) is 4.98 Å². The Hall–Kier alpha value is -2.94. The highest BCUT2D eigenvalue weighted by atomic mass is 15.0. The number of hydrogen-bond acceptors (Lipinski definition) is 2. The summed E-state index contributed by atoms with van der Waals surface area (Å²) in [5.74, 6) is 1.01. The van der Waals surface area contributed by atoms with Gasteiger partial charge in [0.15, 0.2) is 0 Å². The van der Waals surface area contributed by atoms with E-state index in [9.17, 15) is 0 Å². The molecule has 3 heteroatoms. The molecule has 4 aromatic rings. The summed E-state index contributed by atoms with van der Waals surface area (Å²) in [7, 11) is 2.00. The van der Waals surface area contributed by atoms with Crippen LogP contribution in [-0.2, 0) is 7.05 Å². The maximum atomic E-state index is 4.25. The molecule has 3 nitrogen and oxygen atoms in total. The zero-order valence-corrected chi connectivity index (χ0v) is 12.4. The van der Waals surface area contributed by atoms with Crippen molar-refractivity contribution in [1.29, 1.82) is 0 Å². The molecule has 0 fully saturated rings. The summed E-state index contributed by atoms with van der Waals surface area (Å²) in [5.41, 5.74) is 2.22. The SMILES string of the molecule is Cn1ccnc1-c1ccccc1.c1ccc2ncccc2c1. The van der Waals surface area contributed by atoms with Crippen LogP contribution in [0.5, 0.6) is 0 Å². The van der Waals surface area contributed by atoms with Gasteiger partial charge in [-0.05, 0) is 12.1 Å². The number of benzene rings is 2. The molecule has 2 aromatic carbocycles. The largest absolute Gasteiger partial charge is 0.334 e. The molecule has 0 aliphatic rings. The Kier molecular flexibility index (Phi) is 4.25. The van der Waals surface area contributed by atoms with Crippen molar-refractivity contribution in [2.75, 3.05) is 0 Å². The standard InChI is InChI=1S/C10H10N2.C9H7N/c1-12-8-7-11-10(12)9-5-3-2-4-6-9;1-2-6-9-8(4-1)5-3-7-10-9/h2-8H,1H3;1-7H. The molecule has 0 aliphatic carbocycles. The van der Waals surface area contributed by atoms with Gasteiger partial charge in [-0.15, -0.1) is 0 Å². The average molecular weight is 287 g/mol. The van der Waals surface area contributed by atoms with Crippen molar-refractivity contribution in [2.24, 2.45) is 7.05 Å². The van der Waals surface area contributed by atoms with Crippen LogP contribution in [0.2, 0.25) is 0 Å². The number of aryl methyl sites for hydroxylation is 1. The second-order valence-corrected chi connectivity index (χ2v) is 4.92. The summed E-state index contributed by atoms with van der Waals surface area (Å²) < 4.78 is 2.01. The summed E-state index contributed by atoms with van der Waals surface area (Å²) in [6.07, 6.45) is 5.56. The Morgan fingerprint density at radius 2 is 1.45 bits per heavy atom. The van der Waals surface area contributed by atoms with E-state index in [0.29, 0.717) is 0 Å². The molecule has 2 heterocycles. The number of imidazole rings is 1. The molecule has 0 saturated heterocycles. The summed E-state index contributed by atoms with van der Waals surface area (Å²) in [6.45, 7) is 0.